The van der Waals surface area contributed by atoms with Gasteiger partial charge in [0.05, 0.1) is 12.9 Å². The molecule has 0 atom stereocenters. The van der Waals surface area contributed by atoms with Gasteiger partial charge in [-0.05, 0) is 25.0 Å². The quantitative estimate of drug-likeness (QED) is 0.664. The Kier molecular flexibility index (Phi) is 5.31. The number of ether oxygens (including phenoxy) is 1. The lowest BCUT2D eigenvalue weighted by atomic mass is 10.2. The number of benzene rings is 1. The molecule has 3 heteroatoms. The first-order valence-electron chi connectivity index (χ1n) is 6.59. The molecular weight excluding hydrogens is 224 g/mol. The van der Waals surface area contributed by atoms with Crippen LogP contribution in [0, 0.1) is 0 Å². The summed E-state index contributed by atoms with van der Waals surface area (Å²) in [5.74, 6) is 0.968. The van der Waals surface area contributed by atoms with E-state index >= 15 is 0 Å². The molecule has 0 bridgehead atoms. The van der Waals surface area contributed by atoms with Gasteiger partial charge in [0, 0.05) is 18.9 Å². The number of aryl methyl sites for hydroxylation is 1. The van der Waals surface area contributed by atoms with Crippen molar-refractivity contribution in [1.29, 1.82) is 0 Å². The molecule has 0 N–H and O–H groups in total. The molecule has 0 fully saturated rings. The smallest absolute Gasteiger partial charge is 0.119 e. The first-order chi connectivity index (χ1) is 8.95. The van der Waals surface area contributed by atoms with Crippen LogP contribution in [0.1, 0.15) is 25.7 Å². The number of hydrogen-bond acceptors (Lipinski definition) is 2. The summed E-state index contributed by atoms with van der Waals surface area (Å²) in [6.45, 7) is 1.88. The highest BCUT2D eigenvalue weighted by atomic mass is 16.5. The molecule has 0 radical (unpaired) electrons. The zero-order valence-electron chi connectivity index (χ0n) is 10.7. The maximum Gasteiger partial charge on any atom is 0.119 e. The Labute approximate surface area is 108 Å². The van der Waals surface area contributed by atoms with Crippen molar-refractivity contribution in [2.24, 2.45) is 0 Å². The van der Waals surface area contributed by atoms with Crippen LogP contribution in [-0.2, 0) is 6.54 Å². The fourth-order valence-electron chi connectivity index (χ4n) is 1.88. The van der Waals surface area contributed by atoms with Crippen LogP contribution in [0.15, 0.2) is 49.1 Å². The van der Waals surface area contributed by atoms with Gasteiger partial charge < -0.3 is 9.30 Å². The minimum absolute atomic E-state index is 0.815. The molecule has 1 aromatic heterocycles. The number of rotatable bonds is 8. The van der Waals surface area contributed by atoms with Gasteiger partial charge in [-0.3, -0.25) is 0 Å². The van der Waals surface area contributed by atoms with Crippen molar-refractivity contribution in [3.8, 4) is 5.75 Å². The molecular formula is C15H20N2O. The van der Waals surface area contributed by atoms with Crippen molar-refractivity contribution >= 4 is 0 Å². The zero-order valence-corrected chi connectivity index (χ0v) is 10.7. The van der Waals surface area contributed by atoms with E-state index in [2.05, 4.69) is 9.55 Å². The van der Waals surface area contributed by atoms with E-state index < -0.39 is 0 Å². The maximum atomic E-state index is 5.64. The molecule has 0 aliphatic rings. The number of nitrogens with zero attached hydrogens (tertiary/aromatic N) is 2. The summed E-state index contributed by atoms with van der Waals surface area (Å²) in [5.41, 5.74) is 0. The van der Waals surface area contributed by atoms with Gasteiger partial charge in [0.1, 0.15) is 5.75 Å². The Hall–Kier alpha value is -1.77. The predicted octanol–water partition coefficient (Wildman–Crippen LogP) is 3.52. The molecule has 0 saturated carbocycles. The second-order valence-corrected chi connectivity index (χ2v) is 4.38. The van der Waals surface area contributed by atoms with E-state index in [9.17, 15) is 0 Å². The molecule has 0 amide bonds. The summed E-state index contributed by atoms with van der Waals surface area (Å²) in [6.07, 6.45) is 10.5. The molecule has 3 nitrogen and oxygen atoms in total. The lowest BCUT2D eigenvalue weighted by Crippen LogP contribution is -1.98. The van der Waals surface area contributed by atoms with Crippen LogP contribution in [0.2, 0.25) is 0 Å². The summed E-state index contributed by atoms with van der Waals surface area (Å²) in [4.78, 5) is 4.03. The van der Waals surface area contributed by atoms with Crippen molar-refractivity contribution in [3.05, 3.63) is 49.1 Å². The van der Waals surface area contributed by atoms with Crippen molar-refractivity contribution in [3.63, 3.8) is 0 Å². The molecule has 0 aliphatic carbocycles. The van der Waals surface area contributed by atoms with Crippen molar-refractivity contribution in [1.82, 2.24) is 9.55 Å². The molecule has 0 aliphatic heterocycles. The van der Waals surface area contributed by atoms with E-state index in [-0.39, 0.29) is 0 Å². The minimum Gasteiger partial charge on any atom is -0.494 e. The fourth-order valence-corrected chi connectivity index (χ4v) is 1.88. The number of aromatic nitrogens is 2. The van der Waals surface area contributed by atoms with Crippen LogP contribution in [0.3, 0.4) is 0 Å². The summed E-state index contributed by atoms with van der Waals surface area (Å²) in [7, 11) is 0. The highest BCUT2D eigenvalue weighted by molar-refractivity contribution is 5.20. The predicted molar refractivity (Wildman–Crippen MR) is 72.6 cm³/mol. The zero-order chi connectivity index (χ0) is 12.5. The third-order valence-electron chi connectivity index (χ3n) is 2.88. The molecule has 0 saturated heterocycles. The summed E-state index contributed by atoms with van der Waals surface area (Å²) < 4.78 is 7.77. The molecule has 2 aromatic rings. The van der Waals surface area contributed by atoms with Crippen LogP contribution < -0.4 is 4.74 Å². The number of unbranched alkanes of at least 4 members (excludes halogenated alkanes) is 3. The number of para-hydroxylation sites is 1. The van der Waals surface area contributed by atoms with Crippen LogP contribution >= 0.6 is 0 Å². The van der Waals surface area contributed by atoms with Gasteiger partial charge in [-0.1, -0.05) is 31.0 Å². The first kappa shape index (κ1) is 12.7. The molecule has 0 unspecified atom stereocenters. The summed E-state index contributed by atoms with van der Waals surface area (Å²) >= 11 is 0. The van der Waals surface area contributed by atoms with Crippen molar-refractivity contribution < 1.29 is 4.74 Å². The summed E-state index contributed by atoms with van der Waals surface area (Å²) in [5, 5.41) is 0. The van der Waals surface area contributed by atoms with Gasteiger partial charge in [0.15, 0.2) is 0 Å². The highest BCUT2D eigenvalue weighted by Crippen LogP contribution is 2.09. The van der Waals surface area contributed by atoms with Gasteiger partial charge in [0.2, 0.25) is 0 Å². The lowest BCUT2D eigenvalue weighted by Gasteiger charge is -2.06. The highest BCUT2D eigenvalue weighted by Gasteiger charge is 1.94. The van der Waals surface area contributed by atoms with E-state index in [0.717, 1.165) is 25.3 Å². The third kappa shape index (κ3) is 4.62. The molecule has 18 heavy (non-hydrogen) atoms. The molecule has 96 valence electrons. The van der Waals surface area contributed by atoms with Gasteiger partial charge in [-0.25, -0.2) is 4.98 Å². The van der Waals surface area contributed by atoms with Gasteiger partial charge in [-0.15, -0.1) is 0 Å². The Morgan fingerprint density at radius 1 is 1.00 bits per heavy atom. The Morgan fingerprint density at radius 2 is 1.83 bits per heavy atom. The SMILES string of the molecule is c1ccc(OCCCCCCn2ccnc2)cc1. The Balaban J connectivity index is 1.47. The Morgan fingerprint density at radius 3 is 2.61 bits per heavy atom. The van der Waals surface area contributed by atoms with Gasteiger partial charge in [-0.2, -0.15) is 0 Å². The molecule has 1 aromatic carbocycles. The average Bonchev–Trinajstić information content (AvgIpc) is 2.92. The number of hydrogen-bond donors (Lipinski definition) is 0. The van der Waals surface area contributed by atoms with Crippen LogP contribution in [0.4, 0.5) is 0 Å². The fraction of sp³-hybridized carbons (Fsp3) is 0.400. The lowest BCUT2D eigenvalue weighted by molar-refractivity contribution is 0.304. The van der Waals surface area contributed by atoms with Crippen LogP contribution in [-0.4, -0.2) is 16.2 Å². The maximum absolute atomic E-state index is 5.64. The van der Waals surface area contributed by atoms with Crippen molar-refractivity contribution in [2.75, 3.05) is 6.61 Å². The standard InChI is InChI=1S/C15H20N2O/c1(6-11-17-12-10-16-14-17)2-7-13-18-15-8-4-3-5-9-15/h3-5,8-10,12,14H,1-2,6-7,11,13H2. The molecule has 0 spiro atoms. The second-order valence-electron chi connectivity index (χ2n) is 4.38. The monoisotopic (exact) mass is 244 g/mol. The van der Waals surface area contributed by atoms with Gasteiger partial charge in [0.25, 0.3) is 0 Å². The van der Waals surface area contributed by atoms with E-state index in [1.807, 2.05) is 49.1 Å². The third-order valence-corrected chi connectivity index (χ3v) is 2.88. The Bertz CT molecular complexity index is 411. The average molecular weight is 244 g/mol. The van der Waals surface area contributed by atoms with E-state index in [0.29, 0.717) is 0 Å². The van der Waals surface area contributed by atoms with E-state index in [1.54, 1.807) is 0 Å². The van der Waals surface area contributed by atoms with Crippen LogP contribution in [0.5, 0.6) is 5.75 Å². The van der Waals surface area contributed by atoms with Gasteiger partial charge >= 0.3 is 0 Å². The largest absolute Gasteiger partial charge is 0.494 e. The molecule has 1 heterocycles. The van der Waals surface area contributed by atoms with E-state index in [1.165, 1.54) is 19.3 Å². The normalized spacial score (nSPS) is 10.4. The topological polar surface area (TPSA) is 27.1 Å². The minimum atomic E-state index is 0.815. The first-order valence-corrected chi connectivity index (χ1v) is 6.59. The second kappa shape index (κ2) is 7.54. The number of imidazole rings is 1. The van der Waals surface area contributed by atoms with E-state index in [4.69, 9.17) is 4.74 Å². The van der Waals surface area contributed by atoms with Crippen molar-refractivity contribution in [2.45, 2.75) is 32.2 Å². The van der Waals surface area contributed by atoms with Crippen LogP contribution in [0.25, 0.3) is 0 Å². The molecule has 2 rings (SSSR count). The summed E-state index contributed by atoms with van der Waals surface area (Å²) in [6, 6.07) is 10.0.